The van der Waals surface area contributed by atoms with Crippen LogP contribution in [0.15, 0.2) is 0 Å². The molecule has 1 rings (SSSR count). The van der Waals surface area contributed by atoms with Gasteiger partial charge in [-0.15, -0.1) is 0 Å². The zero-order valence-electron chi connectivity index (χ0n) is 8.84. The molecule has 0 aromatic heterocycles. The molecule has 82 valence electrons. The maximum atomic E-state index is 13.2. The van der Waals surface area contributed by atoms with E-state index in [1.54, 1.807) is 20.8 Å². The van der Waals surface area contributed by atoms with E-state index < -0.39 is 17.5 Å². The third kappa shape index (κ3) is 3.14. The minimum absolute atomic E-state index is 0.0814. The Balaban J connectivity index is 2.48. The number of likely N-dealkylation sites (tertiary alicyclic amines) is 1. The summed E-state index contributed by atoms with van der Waals surface area (Å²) in [6.45, 7) is 5.55. The second kappa shape index (κ2) is 3.38. The van der Waals surface area contributed by atoms with Gasteiger partial charge in [-0.2, -0.15) is 0 Å². The van der Waals surface area contributed by atoms with Crippen LogP contribution in [0.25, 0.3) is 0 Å². The highest BCUT2D eigenvalue weighted by Crippen LogP contribution is 2.21. The number of carbonyl (C=O) groups excluding carboxylic acids is 1. The van der Waals surface area contributed by atoms with Crippen LogP contribution >= 0.6 is 0 Å². The van der Waals surface area contributed by atoms with Crippen molar-refractivity contribution in [3.63, 3.8) is 0 Å². The van der Waals surface area contributed by atoms with E-state index in [2.05, 4.69) is 0 Å². The zero-order chi connectivity index (χ0) is 11.0. The Morgan fingerprint density at radius 1 is 1.57 bits per heavy atom. The summed E-state index contributed by atoms with van der Waals surface area (Å²) >= 11 is 0. The second-order valence-electron chi connectivity index (χ2n) is 4.69. The van der Waals surface area contributed by atoms with Crippen molar-refractivity contribution in [2.45, 2.75) is 38.6 Å². The van der Waals surface area contributed by atoms with E-state index in [0.717, 1.165) is 0 Å². The average Bonchev–Trinajstić information content (AvgIpc) is 2.26. The van der Waals surface area contributed by atoms with E-state index >= 15 is 0 Å². The number of rotatable bonds is 0. The normalized spacial score (nSPS) is 27.9. The first-order valence-electron chi connectivity index (χ1n) is 4.65. The van der Waals surface area contributed by atoms with Crippen molar-refractivity contribution in [3.8, 4) is 0 Å². The highest BCUT2D eigenvalue weighted by atomic mass is 19.1. The number of carbonyl (C=O) groups is 1. The lowest BCUT2D eigenvalue weighted by atomic mass is 10.2. The van der Waals surface area contributed by atoms with Crippen LogP contribution in [0.5, 0.6) is 0 Å². The molecule has 0 radical (unpaired) electrons. The number of hydrogen-bond donors (Lipinski definition) is 1. The molecule has 5 heteroatoms. The van der Waals surface area contributed by atoms with Crippen molar-refractivity contribution in [3.05, 3.63) is 0 Å². The Kier molecular flexibility index (Phi) is 2.71. The maximum Gasteiger partial charge on any atom is 0.410 e. The molecule has 2 N–H and O–H groups in total. The van der Waals surface area contributed by atoms with Crippen molar-refractivity contribution in [1.82, 2.24) is 4.90 Å². The molecule has 14 heavy (non-hydrogen) atoms. The molecule has 0 spiro atoms. The van der Waals surface area contributed by atoms with E-state index in [-0.39, 0.29) is 13.0 Å². The number of hydrogen-bond acceptors (Lipinski definition) is 3. The third-order valence-electron chi connectivity index (χ3n) is 1.90. The van der Waals surface area contributed by atoms with Crippen LogP contribution in [0.2, 0.25) is 0 Å². The van der Waals surface area contributed by atoms with Gasteiger partial charge in [-0.05, 0) is 20.8 Å². The molecule has 1 unspecified atom stereocenters. The van der Waals surface area contributed by atoms with Crippen molar-refractivity contribution < 1.29 is 13.9 Å². The quantitative estimate of drug-likeness (QED) is 0.604. The van der Waals surface area contributed by atoms with Gasteiger partial charge in [0.1, 0.15) is 5.60 Å². The first-order valence-corrected chi connectivity index (χ1v) is 4.65. The molecule has 4 nitrogen and oxygen atoms in total. The summed E-state index contributed by atoms with van der Waals surface area (Å²) in [4.78, 5) is 12.7. The first kappa shape index (κ1) is 11.2. The SMILES string of the molecule is CC(C)(C)OC(=O)N1CCC(N)(F)C1. The van der Waals surface area contributed by atoms with Gasteiger partial charge in [0.15, 0.2) is 5.79 Å². The van der Waals surface area contributed by atoms with Crippen LogP contribution in [0.4, 0.5) is 9.18 Å². The Morgan fingerprint density at radius 2 is 2.14 bits per heavy atom. The fourth-order valence-corrected chi connectivity index (χ4v) is 1.28. The van der Waals surface area contributed by atoms with E-state index in [0.29, 0.717) is 6.54 Å². The van der Waals surface area contributed by atoms with Gasteiger partial charge in [0.05, 0.1) is 6.54 Å². The van der Waals surface area contributed by atoms with Gasteiger partial charge in [-0.25, -0.2) is 9.18 Å². The van der Waals surface area contributed by atoms with Gasteiger partial charge in [0.25, 0.3) is 0 Å². The Labute approximate surface area is 83.2 Å². The lowest BCUT2D eigenvalue weighted by Crippen LogP contribution is -2.41. The molecular formula is C9H17FN2O2. The minimum atomic E-state index is -1.75. The van der Waals surface area contributed by atoms with Gasteiger partial charge in [-0.3, -0.25) is 5.73 Å². The lowest BCUT2D eigenvalue weighted by Gasteiger charge is -2.24. The van der Waals surface area contributed by atoms with Gasteiger partial charge in [-0.1, -0.05) is 0 Å². The fraction of sp³-hybridized carbons (Fsp3) is 0.889. The maximum absolute atomic E-state index is 13.2. The number of halogens is 1. The summed E-state index contributed by atoms with van der Waals surface area (Å²) in [7, 11) is 0. The number of amides is 1. The Bertz CT molecular complexity index is 235. The van der Waals surface area contributed by atoms with Crippen LogP contribution < -0.4 is 5.73 Å². The smallest absolute Gasteiger partial charge is 0.410 e. The molecule has 1 amide bonds. The minimum Gasteiger partial charge on any atom is -0.444 e. The van der Waals surface area contributed by atoms with Crippen LogP contribution in [0.1, 0.15) is 27.2 Å². The van der Waals surface area contributed by atoms with Gasteiger partial charge in [0, 0.05) is 13.0 Å². The van der Waals surface area contributed by atoms with Crippen LogP contribution in [0, 0.1) is 0 Å². The van der Waals surface area contributed by atoms with Crippen molar-refractivity contribution in [1.29, 1.82) is 0 Å². The molecular weight excluding hydrogens is 187 g/mol. The van der Waals surface area contributed by atoms with E-state index in [4.69, 9.17) is 10.5 Å². The first-order chi connectivity index (χ1) is 6.20. The van der Waals surface area contributed by atoms with Crippen LogP contribution in [-0.2, 0) is 4.74 Å². The van der Waals surface area contributed by atoms with E-state index in [9.17, 15) is 9.18 Å². The molecule has 1 saturated heterocycles. The molecule has 0 saturated carbocycles. The molecule has 0 aromatic carbocycles. The van der Waals surface area contributed by atoms with Crippen molar-refractivity contribution in [2.24, 2.45) is 5.73 Å². The second-order valence-corrected chi connectivity index (χ2v) is 4.69. The summed E-state index contributed by atoms with van der Waals surface area (Å²) in [6, 6.07) is 0. The molecule has 1 aliphatic rings. The summed E-state index contributed by atoms with van der Waals surface area (Å²) in [6.07, 6.45) is -0.325. The van der Waals surface area contributed by atoms with Crippen molar-refractivity contribution in [2.75, 3.05) is 13.1 Å². The number of alkyl halides is 1. The highest BCUT2D eigenvalue weighted by molar-refractivity contribution is 5.68. The predicted molar refractivity (Wildman–Crippen MR) is 50.5 cm³/mol. The van der Waals surface area contributed by atoms with Crippen molar-refractivity contribution >= 4 is 6.09 Å². The molecule has 0 aromatic rings. The third-order valence-corrected chi connectivity index (χ3v) is 1.90. The zero-order valence-corrected chi connectivity index (χ0v) is 8.84. The predicted octanol–water partition coefficient (Wildman–Crippen LogP) is 1.25. The number of nitrogens with zero attached hydrogens (tertiary/aromatic N) is 1. The standard InChI is InChI=1S/C9H17FN2O2/c1-8(2,3)14-7(13)12-5-4-9(10,11)6-12/h4-6,11H2,1-3H3. The van der Waals surface area contributed by atoms with Crippen LogP contribution in [0.3, 0.4) is 0 Å². The fourth-order valence-electron chi connectivity index (χ4n) is 1.28. The van der Waals surface area contributed by atoms with Gasteiger partial charge >= 0.3 is 6.09 Å². The molecule has 0 aliphatic carbocycles. The molecule has 1 atom stereocenters. The Morgan fingerprint density at radius 3 is 2.50 bits per heavy atom. The van der Waals surface area contributed by atoms with E-state index in [1.165, 1.54) is 4.90 Å². The van der Waals surface area contributed by atoms with Crippen LogP contribution in [-0.4, -0.2) is 35.5 Å². The summed E-state index contributed by atoms with van der Waals surface area (Å²) < 4.78 is 18.3. The van der Waals surface area contributed by atoms with E-state index in [1.807, 2.05) is 0 Å². The average molecular weight is 204 g/mol. The summed E-state index contributed by atoms with van der Waals surface area (Å²) in [5.74, 6) is -1.75. The topological polar surface area (TPSA) is 55.6 Å². The number of ether oxygens (including phenoxy) is 1. The number of nitrogens with two attached hydrogens (primary N) is 1. The molecule has 0 bridgehead atoms. The monoisotopic (exact) mass is 204 g/mol. The largest absolute Gasteiger partial charge is 0.444 e. The summed E-state index contributed by atoms with van der Waals surface area (Å²) in [5.41, 5.74) is 4.71. The lowest BCUT2D eigenvalue weighted by molar-refractivity contribution is 0.0260. The molecule has 1 aliphatic heterocycles. The highest BCUT2D eigenvalue weighted by Gasteiger charge is 2.38. The molecule has 1 heterocycles. The van der Waals surface area contributed by atoms with Gasteiger partial charge < -0.3 is 9.64 Å². The Hall–Kier alpha value is -0.840. The molecule has 1 fully saturated rings. The summed E-state index contributed by atoms with van der Waals surface area (Å²) in [5, 5.41) is 0. The van der Waals surface area contributed by atoms with Gasteiger partial charge in [0.2, 0.25) is 0 Å².